The van der Waals surface area contributed by atoms with Gasteiger partial charge >= 0.3 is 12.0 Å². The second kappa shape index (κ2) is 6.47. The van der Waals surface area contributed by atoms with Crippen molar-refractivity contribution in [3.8, 4) is 0 Å². The minimum absolute atomic E-state index is 0.472. The number of carboxylic acid groups (broad SMARTS) is 1. The maximum absolute atomic E-state index is 12.2. The highest BCUT2D eigenvalue weighted by Crippen LogP contribution is 2.29. The summed E-state index contributed by atoms with van der Waals surface area (Å²) in [5, 5.41) is 14.8. The fraction of sp³-hybridized carbons (Fsp3) is 0.467. The van der Waals surface area contributed by atoms with E-state index in [1.54, 1.807) is 6.07 Å². The average Bonchev–Trinajstić information content (AvgIpc) is 2.44. The van der Waals surface area contributed by atoms with Crippen LogP contribution in [0.25, 0.3) is 0 Å². The van der Waals surface area contributed by atoms with Gasteiger partial charge in [-0.05, 0) is 37.5 Å². The number of urea groups is 1. The van der Waals surface area contributed by atoms with Crippen LogP contribution in [0, 0.1) is 6.92 Å². The molecule has 3 N–H and O–H groups in total. The van der Waals surface area contributed by atoms with Crippen molar-refractivity contribution in [1.82, 2.24) is 5.32 Å². The van der Waals surface area contributed by atoms with Crippen LogP contribution in [0.5, 0.6) is 0 Å². The van der Waals surface area contributed by atoms with Crippen LogP contribution in [-0.2, 0) is 4.79 Å². The summed E-state index contributed by atoms with van der Waals surface area (Å²) >= 11 is 3.40. The Bertz CT molecular complexity index is 554. The summed E-state index contributed by atoms with van der Waals surface area (Å²) in [7, 11) is 0. The summed E-state index contributed by atoms with van der Waals surface area (Å²) in [4.78, 5) is 23.7. The Balaban J connectivity index is 2.09. The van der Waals surface area contributed by atoms with E-state index in [4.69, 9.17) is 0 Å². The maximum Gasteiger partial charge on any atom is 0.329 e. The summed E-state index contributed by atoms with van der Waals surface area (Å²) in [5.41, 5.74) is 0.432. The molecule has 114 valence electrons. The first-order valence-corrected chi connectivity index (χ1v) is 7.81. The first-order valence-electron chi connectivity index (χ1n) is 7.02. The van der Waals surface area contributed by atoms with Gasteiger partial charge in [0.05, 0.1) is 0 Å². The zero-order chi connectivity index (χ0) is 15.5. The molecule has 0 bridgehead atoms. The number of anilines is 1. The zero-order valence-electron chi connectivity index (χ0n) is 11.9. The molecule has 1 fully saturated rings. The molecule has 1 aromatic carbocycles. The lowest BCUT2D eigenvalue weighted by molar-refractivity contribution is -0.145. The number of hydrogen-bond donors (Lipinski definition) is 3. The molecule has 6 heteroatoms. The second-order valence-corrected chi connectivity index (χ2v) is 6.29. The van der Waals surface area contributed by atoms with Gasteiger partial charge < -0.3 is 15.7 Å². The molecule has 1 aliphatic rings. The van der Waals surface area contributed by atoms with Gasteiger partial charge in [0.2, 0.25) is 0 Å². The van der Waals surface area contributed by atoms with Crippen molar-refractivity contribution < 1.29 is 14.7 Å². The molecule has 2 rings (SSSR count). The summed E-state index contributed by atoms with van der Waals surface area (Å²) in [5.74, 6) is -0.955. The standard InChI is InChI=1S/C15H19BrN2O3/c1-10-11(16)6-5-7-12(10)17-14(21)18-15(13(19)20)8-3-2-4-9-15/h5-7H,2-4,8-9H2,1H3,(H,19,20)(H2,17,18,21). The normalized spacial score (nSPS) is 17.0. The molecule has 1 aromatic rings. The number of halogens is 1. The SMILES string of the molecule is Cc1c(Br)cccc1NC(=O)NC1(C(=O)O)CCCCC1. The van der Waals surface area contributed by atoms with E-state index >= 15 is 0 Å². The van der Waals surface area contributed by atoms with Crippen LogP contribution < -0.4 is 10.6 Å². The molecule has 5 nitrogen and oxygen atoms in total. The van der Waals surface area contributed by atoms with Gasteiger partial charge in [-0.1, -0.05) is 41.3 Å². The predicted octanol–water partition coefficient (Wildman–Crippen LogP) is 3.67. The van der Waals surface area contributed by atoms with Crippen molar-refractivity contribution in [3.63, 3.8) is 0 Å². The number of nitrogens with one attached hydrogen (secondary N) is 2. The third-order valence-electron chi connectivity index (χ3n) is 3.99. The number of amides is 2. The number of carbonyl (C=O) groups is 2. The molecule has 1 aliphatic carbocycles. The van der Waals surface area contributed by atoms with Crippen LogP contribution >= 0.6 is 15.9 Å². The quantitative estimate of drug-likeness (QED) is 0.774. The first-order chi connectivity index (χ1) is 9.94. The third kappa shape index (κ3) is 3.56. The van der Waals surface area contributed by atoms with Gasteiger partial charge in [0.15, 0.2) is 0 Å². The molecule has 0 heterocycles. The van der Waals surface area contributed by atoms with E-state index in [1.165, 1.54) is 0 Å². The summed E-state index contributed by atoms with van der Waals surface area (Å²) in [6, 6.07) is 5.02. The van der Waals surface area contributed by atoms with Crippen molar-refractivity contribution in [2.75, 3.05) is 5.32 Å². The number of rotatable bonds is 3. The smallest absolute Gasteiger partial charge is 0.329 e. The van der Waals surface area contributed by atoms with E-state index in [0.29, 0.717) is 18.5 Å². The zero-order valence-corrected chi connectivity index (χ0v) is 13.5. The van der Waals surface area contributed by atoms with Crippen LogP contribution in [-0.4, -0.2) is 22.6 Å². The second-order valence-electron chi connectivity index (χ2n) is 5.44. The molecule has 0 atom stereocenters. The van der Waals surface area contributed by atoms with Crippen molar-refractivity contribution >= 4 is 33.6 Å². The summed E-state index contributed by atoms with van der Waals surface area (Å²) in [6.45, 7) is 1.88. The molecule has 0 aliphatic heterocycles. The summed E-state index contributed by atoms with van der Waals surface area (Å²) < 4.78 is 0.894. The van der Waals surface area contributed by atoms with Crippen LogP contribution in [0.2, 0.25) is 0 Å². The molecule has 0 saturated heterocycles. The van der Waals surface area contributed by atoms with E-state index in [9.17, 15) is 14.7 Å². The molecule has 0 spiro atoms. The Morgan fingerprint density at radius 1 is 1.24 bits per heavy atom. The van der Waals surface area contributed by atoms with Crippen LogP contribution in [0.3, 0.4) is 0 Å². The van der Waals surface area contributed by atoms with Crippen LogP contribution in [0.1, 0.15) is 37.7 Å². The Morgan fingerprint density at radius 2 is 1.90 bits per heavy atom. The van der Waals surface area contributed by atoms with Crippen molar-refractivity contribution in [2.45, 2.75) is 44.6 Å². The van der Waals surface area contributed by atoms with E-state index in [1.807, 2.05) is 19.1 Å². The van der Waals surface area contributed by atoms with E-state index in [-0.39, 0.29) is 0 Å². The lowest BCUT2D eigenvalue weighted by Gasteiger charge is -2.33. The average molecular weight is 355 g/mol. The molecule has 2 amide bonds. The first kappa shape index (κ1) is 15.8. The van der Waals surface area contributed by atoms with Gasteiger partial charge in [0, 0.05) is 10.2 Å². The number of aliphatic carboxylic acids is 1. The highest BCUT2D eigenvalue weighted by atomic mass is 79.9. The number of carbonyl (C=O) groups excluding carboxylic acids is 1. The molecule has 0 unspecified atom stereocenters. The van der Waals surface area contributed by atoms with Gasteiger partial charge in [0.1, 0.15) is 5.54 Å². The monoisotopic (exact) mass is 354 g/mol. The van der Waals surface area contributed by atoms with Crippen LogP contribution in [0.4, 0.5) is 10.5 Å². The van der Waals surface area contributed by atoms with Gasteiger partial charge in [-0.3, -0.25) is 0 Å². The van der Waals surface area contributed by atoms with Crippen molar-refractivity contribution in [3.05, 3.63) is 28.2 Å². The predicted molar refractivity (Wildman–Crippen MR) is 84.5 cm³/mol. The summed E-state index contributed by atoms with van der Waals surface area (Å²) in [6.07, 6.45) is 3.62. The Morgan fingerprint density at radius 3 is 2.52 bits per heavy atom. The topological polar surface area (TPSA) is 78.4 Å². The third-order valence-corrected chi connectivity index (χ3v) is 4.84. The molecular formula is C15H19BrN2O3. The minimum Gasteiger partial charge on any atom is -0.480 e. The largest absolute Gasteiger partial charge is 0.480 e. The molecular weight excluding hydrogens is 336 g/mol. The van der Waals surface area contributed by atoms with E-state index < -0.39 is 17.5 Å². The number of carboxylic acids is 1. The molecule has 21 heavy (non-hydrogen) atoms. The lowest BCUT2D eigenvalue weighted by Crippen LogP contribution is -2.56. The Hall–Kier alpha value is -1.56. The lowest BCUT2D eigenvalue weighted by atomic mass is 9.82. The van der Waals surface area contributed by atoms with Gasteiger partial charge in [-0.2, -0.15) is 0 Å². The molecule has 0 aromatic heterocycles. The Labute approximate surface area is 132 Å². The van der Waals surface area contributed by atoms with Crippen molar-refractivity contribution in [2.24, 2.45) is 0 Å². The highest BCUT2D eigenvalue weighted by Gasteiger charge is 2.41. The molecule has 1 saturated carbocycles. The van der Waals surface area contributed by atoms with Crippen LogP contribution in [0.15, 0.2) is 22.7 Å². The Kier molecular flexibility index (Phi) is 4.88. The van der Waals surface area contributed by atoms with E-state index in [0.717, 1.165) is 29.3 Å². The van der Waals surface area contributed by atoms with Gasteiger partial charge in [-0.25, -0.2) is 9.59 Å². The van der Waals surface area contributed by atoms with Gasteiger partial charge in [0.25, 0.3) is 0 Å². The van der Waals surface area contributed by atoms with Crippen molar-refractivity contribution in [1.29, 1.82) is 0 Å². The maximum atomic E-state index is 12.2. The van der Waals surface area contributed by atoms with E-state index in [2.05, 4.69) is 26.6 Å². The van der Waals surface area contributed by atoms with Gasteiger partial charge in [-0.15, -0.1) is 0 Å². The minimum atomic E-state index is -1.14. The number of hydrogen-bond acceptors (Lipinski definition) is 2. The molecule has 0 radical (unpaired) electrons. The fourth-order valence-electron chi connectivity index (χ4n) is 2.66. The fourth-order valence-corrected chi connectivity index (χ4v) is 3.03. The number of benzene rings is 1. The highest BCUT2D eigenvalue weighted by molar-refractivity contribution is 9.10.